The quantitative estimate of drug-likeness (QED) is 0.892. The molecule has 2 aromatic carbocycles. The molecule has 0 spiro atoms. The fourth-order valence-corrected chi connectivity index (χ4v) is 3.88. The van der Waals surface area contributed by atoms with Crippen molar-refractivity contribution in [1.29, 1.82) is 0 Å². The van der Waals surface area contributed by atoms with Crippen LogP contribution in [0.4, 0.5) is 11.4 Å². The lowest BCUT2D eigenvalue weighted by Gasteiger charge is -2.32. The summed E-state index contributed by atoms with van der Waals surface area (Å²) in [4.78, 5) is 27.0. The normalized spacial score (nSPS) is 21.0. The zero-order chi connectivity index (χ0) is 18.1. The van der Waals surface area contributed by atoms with Gasteiger partial charge in [0.2, 0.25) is 5.91 Å². The van der Waals surface area contributed by atoms with Gasteiger partial charge in [-0.15, -0.1) is 0 Å². The fourth-order valence-electron chi connectivity index (χ4n) is 3.88. The summed E-state index contributed by atoms with van der Waals surface area (Å²) in [6, 6.07) is 15.3. The summed E-state index contributed by atoms with van der Waals surface area (Å²) < 4.78 is 0. The zero-order valence-electron chi connectivity index (χ0n) is 14.9. The molecule has 0 bridgehead atoms. The van der Waals surface area contributed by atoms with Crippen molar-refractivity contribution < 1.29 is 9.59 Å². The molecule has 2 aliphatic rings. The summed E-state index contributed by atoms with van der Waals surface area (Å²) in [7, 11) is 0. The number of fused-ring (bicyclic) bond motifs is 3. The number of rotatable bonds is 4. The van der Waals surface area contributed by atoms with Gasteiger partial charge in [-0.05, 0) is 42.7 Å². The van der Waals surface area contributed by atoms with Gasteiger partial charge in [-0.1, -0.05) is 37.6 Å². The van der Waals surface area contributed by atoms with Crippen molar-refractivity contribution in [3.8, 4) is 0 Å². The first-order chi connectivity index (χ1) is 12.7. The minimum Gasteiger partial charge on any atom is -0.356 e. The molecule has 0 aromatic heterocycles. The van der Waals surface area contributed by atoms with Crippen molar-refractivity contribution in [3.05, 3.63) is 59.7 Å². The Hall–Kier alpha value is -2.82. The lowest BCUT2D eigenvalue weighted by atomic mass is 10.1. The molecule has 2 N–H and O–H groups in total. The molecule has 2 amide bonds. The largest absolute Gasteiger partial charge is 0.356 e. The monoisotopic (exact) mass is 349 g/mol. The van der Waals surface area contributed by atoms with Gasteiger partial charge in [0.15, 0.2) is 0 Å². The molecule has 0 aliphatic carbocycles. The van der Waals surface area contributed by atoms with Crippen LogP contribution in [0.3, 0.4) is 0 Å². The Bertz CT molecular complexity index is 831. The van der Waals surface area contributed by atoms with Crippen LogP contribution in [-0.2, 0) is 11.2 Å². The van der Waals surface area contributed by atoms with E-state index in [0.29, 0.717) is 18.5 Å². The van der Waals surface area contributed by atoms with Gasteiger partial charge in [0.25, 0.3) is 5.91 Å². The third-order valence-electron chi connectivity index (χ3n) is 5.17. The van der Waals surface area contributed by atoms with Gasteiger partial charge in [-0.2, -0.15) is 0 Å². The van der Waals surface area contributed by atoms with Gasteiger partial charge in [-0.25, -0.2) is 0 Å². The second-order valence-corrected chi connectivity index (χ2v) is 7.03. The van der Waals surface area contributed by atoms with Crippen LogP contribution in [0.1, 0.15) is 35.7 Å². The lowest BCUT2D eigenvalue weighted by molar-refractivity contribution is -0.117. The molecule has 5 heteroatoms. The van der Waals surface area contributed by atoms with Crippen LogP contribution < -0.4 is 15.5 Å². The molecule has 1 fully saturated rings. The molecule has 2 atom stereocenters. The van der Waals surface area contributed by atoms with Gasteiger partial charge < -0.3 is 15.5 Å². The molecule has 0 saturated carbocycles. The predicted octanol–water partition coefficient (Wildman–Crippen LogP) is 2.97. The average molecular weight is 349 g/mol. The average Bonchev–Trinajstić information content (AvgIpc) is 3.07. The molecule has 2 heterocycles. The molecule has 5 nitrogen and oxygen atoms in total. The smallest absolute Gasteiger partial charge is 0.251 e. The van der Waals surface area contributed by atoms with Gasteiger partial charge >= 0.3 is 0 Å². The Kier molecular flexibility index (Phi) is 4.37. The number of hydrogen-bond acceptors (Lipinski definition) is 3. The standard InChI is InChI=1S/C21H23N3O2/c1-2-5-14-8-10-15(11-9-14)20(25)22-16-12-19-21(26)23-17-6-3-4-7-18(17)24(19)13-16/h3-4,6-11,16,19H,2,5,12-13H2,1H3,(H,22,25)(H,23,26). The number of nitrogens with zero attached hydrogens (tertiary/aromatic N) is 1. The van der Waals surface area contributed by atoms with Crippen LogP contribution in [0.15, 0.2) is 48.5 Å². The minimum atomic E-state index is -0.220. The maximum Gasteiger partial charge on any atom is 0.251 e. The molecule has 134 valence electrons. The Morgan fingerprint density at radius 2 is 1.96 bits per heavy atom. The summed E-state index contributed by atoms with van der Waals surface area (Å²) in [5, 5.41) is 6.06. The van der Waals surface area contributed by atoms with Gasteiger partial charge in [0.05, 0.1) is 11.4 Å². The van der Waals surface area contributed by atoms with E-state index < -0.39 is 0 Å². The number of benzene rings is 2. The van der Waals surface area contributed by atoms with E-state index in [9.17, 15) is 9.59 Å². The highest BCUT2D eigenvalue weighted by molar-refractivity contribution is 6.04. The highest BCUT2D eigenvalue weighted by Crippen LogP contribution is 2.36. The maximum atomic E-state index is 12.6. The molecule has 0 radical (unpaired) electrons. The first kappa shape index (κ1) is 16.6. The number of amides is 2. The first-order valence-corrected chi connectivity index (χ1v) is 9.22. The third kappa shape index (κ3) is 3.05. The number of hydrogen-bond donors (Lipinski definition) is 2. The fraction of sp³-hybridized carbons (Fsp3) is 0.333. The van der Waals surface area contributed by atoms with Crippen molar-refractivity contribution in [3.63, 3.8) is 0 Å². The van der Waals surface area contributed by atoms with Crippen molar-refractivity contribution >= 4 is 23.2 Å². The number of carbonyl (C=O) groups excluding carboxylic acids is 2. The van der Waals surface area contributed by atoms with Gasteiger partial charge in [-0.3, -0.25) is 9.59 Å². The second kappa shape index (κ2) is 6.83. The molecular formula is C21H23N3O2. The van der Waals surface area contributed by atoms with Gasteiger partial charge in [0, 0.05) is 18.2 Å². The molecule has 26 heavy (non-hydrogen) atoms. The van der Waals surface area contributed by atoms with Crippen molar-refractivity contribution in [1.82, 2.24) is 5.32 Å². The van der Waals surface area contributed by atoms with E-state index in [0.717, 1.165) is 24.2 Å². The lowest BCUT2D eigenvalue weighted by Crippen LogP contribution is -2.44. The number of nitrogens with one attached hydrogen (secondary N) is 2. The summed E-state index contributed by atoms with van der Waals surface area (Å²) in [5.41, 5.74) is 3.78. The van der Waals surface area contributed by atoms with E-state index in [1.807, 2.05) is 48.5 Å². The van der Waals surface area contributed by atoms with Crippen LogP contribution in [0, 0.1) is 0 Å². The van der Waals surface area contributed by atoms with Gasteiger partial charge in [0.1, 0.15) is 6.04 Å². The van der Waals surface area contributed by atoms with E-state index in [-0.39, 0.29) is 23.9 Å². The zero-order valence-corrected chi connectivity index (χ0v) is 14.9. The molecular weight excluding hydrogens is 326 g/mol. The molecule has 1 saturated heterocycles. The number of aryl methyl sites for hydroxylation is 1. The highest BCUT2D eigenvalue weighted by Gasteiger charge is 2.41. The van der Waals surface area contributed by atoms with E-state index in [1.165, 1.54) is 5.56 Å². The SMILES string of the molecule is CCCc1ccc(C(=O)NC2CC3C(=O)Nc4ccccc4N3C2)cc1. The number of para-hydroxylation sites is 2. The highest BCUT2D eigenvalue weighted by atomic mass is 16.2. The minimum absolute atomic E-state index is 0.00404. The predicted molar refractivity (Wildman–Crippen MR) is 103 cm³/mol. The summed E-state index contributed by atoms with van der Waals surface area (Å²) in [6.45, 7) is 2.79. The summed E-state index contributed by atoms with van der Waals surface area (Å²) in [6.07, 6.45) is 2.74. The van der Waals surface area contributed by atoms with Crippen molar-refractivity contribution in [2.45, 2.75) is 38.3 Å². The second-order valence-electron chi connectivity index (χ2n) is 7.03. The maximum absolute atomic E-state index is 12.6. The first-order valence-electron chi connectivity index (χ1n) is 9.22. The molecule has 2 aliphatic heterocycles. The van der Waals surface area contributed by atoms with Crippen LogP contribution in [0.5, 0.6) is 0 Å². The Labute approximate surface area is 153 Å². The molecule has 4 rings (SSSR count). The summed E-state index contributed by atoms with van der Waals surface area (Å²) >= 11 is 0. The van der Waals surface area contributed by atoms with E-state index in [4.69, 9.17) is 0 Å². The molecule has 2 unspecified atom stereocenters. The Morgan fingerprint density at radius 3 is 2.73 bits per heavy atom. The van der Waals surface area contributed by atoms with Crippen molar-refractivity contribution in [2.24, 2.45) is 0 Å². The Balaban J connectivity index is 1.46. The van der Waals surface area contributed by atoms with Crippen LogP contribution in [0.25, 0.3) is 0 Å². The van der Waals surface area contributed by atoms with Crippen LogP contribution in [0.2, 0.25) is 0 Å². The number of carbonyl (C=O) groups is 2. The molecule has 2 aromatic rings. The van der Waals surface area contributed by atoms with E-state index >= 15 is 0 Å². The topological polar surface area (TPSA) is 61.4 Å². The van der Waals surface area contributed by atoms with Crippen LogP contribution >= 0.6 is 0 Å². The third-order valence-corrected chi connectivity index (χ3v) is 5.17. The van der Waals surface area contributed by atoms with Crippen LogP contribution in [-0.4, -0.2) is 30.4 Å². The summed E-state index contributed by atoms with van der Waals surface area (Å²) in [5.74, 6) is -0.0732. The number of anilines is 2. The van der Waals surface area contributed by atoms with E-state index in [2.05, 4.69) is 22.5 Å². The van der Waals surface area contributed by atoms with E-state index in [1.54, 1.807) is 0 Å². The Morgan fingerprint density at radius 1 is 1.19 bits per heavy atom. The van der Waals surface area contributed by atoms with Crippen molar-refractivity contribution in [2.75, 3.05) is 16.8 Å².